The Morgan fingerprint density at radius 1 is 1.75 bits per heavy atom. The molecule has 0 aromatic carbocycles. The molecule has 0 saturated heterocycles. The average Bonchev–Trinajstić information content (AvgIpc) is 2.15. The molecule has 1 radical (unpaired) electrons. The van der Waals surface area contributed by atoms with Crippen LogP contribution in [0.5, 0.6) is 0 Å². The van der Waals surface area contributed by atoms with E-state index in [4.69, 9.17) is 0 Å². The van der Waals surface area contributed by atoms with Crippen LogP contribution in [0.2, 0.25) is 0 Å². The fourth-order valence-electron chi connectivity index (χ4n) is 0.937. The smallest absolute Gasteiger partial charge is 0.0922 e. The SMILES string of the molecule is [c]1cc2c(s1)NCC2. The summed E-state index contributed by atoms with van der Waals surface area (Å²) in [6, 6.07) is 2.07. The molecule has 1 aliphatic rings. The fraction of sp³-hybridized carbons (Fsp3) is 0.333. The zero-order valence-electron chi connectivity index (χ0n) is 4.40. The minimum Gasteiger partial charge on any atom is -0.376 e. The van der Waals surface area contributed by atoms with E-state index in [1.807, 2.05) is 0 Å². The third-order valence-corrected chi connectivity index (χ3v) is 2.21. The van der Waals surface area contributed by atoms with Gasteiger partial charge in [0.25, 0.3) is 0 Å². The summed E-state index contributed by atoms with van der Waals surface area (Å²) in [5, 5.41) is 7.67. The lowest BCUT2D eigenvalue weighted by atomic mass is 10.3. The molecule has 41 valence electrons. The van der Waals surface area contributed by atoms with Crippen molar-refractivity contribution in [2.75, 3.05) is 11.9 Å². The predicted octanol–water partition coefficient (Wildman–Crippen LogP) is 1.52. The number of thiophene rings is 1. The van der Waals surface area contributed by atoms with Crippen LogP contribution in [0.4, 0.5) is 5.00 Å². The van der Waals surface area contributed by atoms with Gasteiger partial charge in [-0.3, -0.25) is 0 Å². The molecule has 2 rings (SSSR count). The molecule has 0 atom stereocenters. The van der Waals surface area contributed by atoms with E-state index in [1.165, 1.54) is 17.0 Å². The van der Waals surface area contributed by atoms with Gasteiger partial charge in [0.15, 0.2) is 0 Å². The highest BCUT2D eigenvalue weighted by Crippen LogP contribution is 2.26. The van der Waals surface area contributed by atoms with E-state index >= 15 is 0 Å². The number of hydrogen-bond donors (Lipinski definition) is 1. The van der Waals surface area contributed by atoms with Gasteiger partial charge in [0.2, 0.25) is 0 Å². The van der Waals surface area contributed by atoms with Crippen LogP contribution >= 0.6 is 11.3 Å². The van der Waals surface area contributed by atoms with Crippen LogP contribution < -0.4 is 5.32 Å². The van der Waals surface area contributed by atoms with E-state index in [2.05, 4.69) is 16.8 Å². The molecule has 0 fully saturated rings. The molecule has 1 nitrogen and oxygen atoms in total. The summed E-state index contributed by atoms with van der Waals surface area (Å²) in [5.74, 6) is 0. The third kappa shape index (κ3) is 0.464. The Kier molecular flexibility index (Phi) is 0.815. The molecule has 0 unspecified atom stereocenters. The maximum Gasteiger partial charge on any atom is 0.0922 e. The Morgan fingerprint density at radius 2 is 2.75 bits per heavy atom. The Balaban J connectivity index is 2.54. The minimum absolute atomic E-state index is 1.12. The highest BCUT2D eigenvalue weighted by Gasteiger charge is 2.08. The van der Waals surface area contributed by atoms with Gasteiger partial charge in [0.1, 0.15) is 0 Å². The summed E-state index contributed by atoms with van der Waals surface area (Å²) >= 11 is 1.68. The van der Waals surface area contributed by atoms with E-state index in [0.29, 0.717) is 0 Å². The first-order valence-corrected chi connectivity index (χ1v) is 3.51. The number of hydrogen-bond acceptors (Lipinski definition) is 2. The monoisotopic (exact) mass is 124 g/mol. The lowest BCUT2D eigenvalue weighted by Gasteiger charge is -1.85. The van der Waals surface area contributed by atoms with Gasteiger partial charge in [0, 0.05) is 11.9 Å². The van der Waals surface area contributed by atoms with Gasteiger partial charge in [-0.1, -0.05) is 0 Å². The quantitative estimate of drug-likeness (QED) is 0.553. The molecule has 1 aromatic rings. The Hall–Kier alpha value is -0.500. The van der Waals surface area contributed by atoms with Gasteiger partial charge in [-0.25, -0.2) is 0 Å². The molecule has 0 aliphatic carbocycles. The predicted molar refractivity (Wildman–Crippen MR) is 35.3 cm³/mol. The van der Waals surface area contributed by atoms with Crippen LogP contribution in [0.15, 0.2) is 6.07 Å². The standard InChI is InChI=1S/C6H6NS/c1-3-7-6-5(1)2-4-8-6/h2,7H,1,3H2. The number of fused-ring (bicyclic) bond motifs is 1. The molecule has 0 saturated carbocycles. The molecular formula is C6H6NS. The summed E-state index contributed by atoms with van der Waals surface area (Å²) in [7, 11) is 0. The largest absolute Gasteiger partial charge is 0.376 e. The summed E-state index contributed by atoms with van der Waals surface area (Å²) in [4.78, 5) is 0. The molecule has 0 bridgehead atoms. The van der Waals surface area contributed by atoms with Crippen LogP contribution in [-0.4, -0.2) is 6.54 Å². The van der Waals surface area contributed by atoms with Crippen molar-refractivity contribution in [3.63, 3.8) is 0 Å². The van der Waals surface area contributed by atoms with Crippen molar-refractivity contribution in [2.24, 2.45) is 0 Å². The molecule has 2 heterocycles. The lowest BCUT2D eigenvalue weighted by Crippen LogP contribution is -1.90. The molecular weight excluding hydrogens is 118 g/mol. The van der Waals surface area contributed by atoms with E-state index < -0.39 is 0 Å². The van der Waals surface area contributed by atoms with Gasteiger partial charge in [-0.2, -0.15) is 0 Å². The molecule has 0 spiro atoms. The average molecular weight is 124 g/mol. The molecule has 1 aromatic heterocycles. The van der Waals surface area contributed by atoms with Crippen molar-refractivity contribution in [3.8, 4) is 0 Å². The molecule has 1 aliphatic heterocycles. The van der Waals surface area contributed by atoms with Crippen molar-refractivity contribution in [1.82, 2.24) is 0 Å². The highest BCUT2D eigenvalue weighted by molar-refractivity contribution is 7.13. The Morgan fingerprint density at radius 3 is 3.62 bits per heavy atom. The van der Waals surface area contributed by atoms with Gasteiger partial charge in [-0.15, -0.1) is 11.3 Å². The third-order valence-electron chi connectivity index (χ3n) is 1.37. The number of anilines is 1. The van der Waals surface area contributed by atoms with Crippen LogP contribution in [0.25, 0.3) is 0 Å². The van der Waals surface area contributed by atoms with E-state index in [9.17, 15) is 0 Å². The van der Waals surface area contributed by atoms with Crippen molar-refractivity contribution < 1.29 is 0 Å². The minimum atomic E-state index is 1.12. The van der Waals surface area contributed by atoms with E-state index in [1.54, 1.807) is 11.3 Å². The van der Waals surface area contributed by atoms with Crippen LogP contribution in [0, 0.1) is 5.38 Å². The van der Waals surface area contributed by atoms with Crippen molar-refractivity contribution in [2.45, 2.75) is 6.42 Å². The Bertz CT molecular complexity index is 174. The zero-order chi connectivity index (χ0) is 5.40. The second-order valence-electron chi connectivity index (χ2n) is 1.90. The van der Waals surface area contributed by atoms with Crippen molar-refractivity contribution in [1.29, 1.82) is 0 Å². The van der Waals surface area contributed by atoms with Crippen LogP contribution in [0.1, 0.15) is 5.56 Å². The molecule has 2 heteroatoms. The lowest BCUT2D eigenvalue weighted by molar-refractivity contribution is 1.11. The topological polar surface area (TPSA) is 12.0 Å². The number of rotatable bonds is 0. The second-order valence-corrected chi connectivity index (χ2v) is 2.74. The van der Waals surface area contributed by atoms with Crippen LogP contribution in [0.3, 0.4) is 0 Å². The van der Waals surface area contributed by atoms with Gasteiger partial charge >= 0.3 is 0 Å². The maximum atomic E-state index is 3.27. The first kappa shape index (κ1) is 4.39. The second kappa shape index (κ2) is 1.49. The summed E-state index contributed by atoms with van der Waals surface area (Å²) in [6.07, 6.45) is 1.19. The van der Waals surface area contributed by atoms with Gasteiger partial charge in [-0.05, 0) is 18.1 Å². The maximum absolute atomic E-state index is 3.27. The van der Waals surface area contributed by atoms with E-state index in [-0.39, 0.29) is 0 Å². The molecule has 8 heavy (non-hydrogen) atoms. The van der Waals surface area contributed by atoms with E-state index in [0.717, 1.165) is 6.54 Å². The van der Waals surface area contributed by atoms with Gasteiger partial charge in [0.05, 0.1) is 5.00 Å². The van der Waals surface area contributed by atoms with Crippen molar-refractivity contribution >= 4 is 16.3 Å². The molecule has 0 amide bonds. The summed E-state index contributed by atoms with van der Waals surface area (Å²) < 4.78 is 0. The normalized spacial score (nSPS) is 15.5. The highest BCUT2D eigenvalue weighted by atomic mass is 32.1. The first-order valence-electron chi connectivity index (χ1n) is 2.69. The zero-order valence-corrected chi connectivity index (χ0v) is 5.22. The van der Waals surface area contributed by atoms with Crippen molar-refractivity contribution in [3.05, 3.63) is 17.0 Å². The fourth-order valence-corrected chi connectivity index (χ4v) is 1.72. The Labute approximate surface area is 52.3 Å². The van der Waals surface area contributed by atoms with Gasteiger partial charge < -0.3 is 5.32 Å². The summed E-state index contributed by atoms with van der Waals surface area (Å²) in [6.45, 7) is 1.12. The first-order chi connectivity index (χ1) is 3.97. The number of nitrogens with one attached hydrogen (secondary N) is 1. The summed E-state index contributed by atoms with van der Waals surface area (Å²) in [5.41, 5.74) is 1.44. The van der Waals surface area contributed by atoms with Crippen LogP contribution in [-0.2, 0) is 6.42 Å². The molecule has 1 N–H and O–H groups in total.